The summed E-state index contributed by atoms with van der Waals surface area (Å²) in [5, 5.41) is 5.86. The summed E-state index contributed by atoms with van der Waals surface area (Å²) in [6, 6.07) is 15.8. The lowest BCUT2D eigenvalue weighted by Gasteiger charge is -2.31. The lowest BCUT2D eigenvalue weighted by molar-refractivity contribution is -0.132. The largest absolute Gasteiger partial charge is 0.348 e. The van der Waals surface area contributed by atoms with Crippen LogP contribution in [0.25, 0.3) is 0 Å². The van der Waals surface area contributed by atoms with E-state index in [4.69, 9.17) is 0 Å². The molecule has 4 rings (SSSR count). The van der Waals surface area contributed by atoms with E-state index >= 15 is 0 Å². The SMILES string of the molecule is CC(C)C[C@H](NC(=O)[C@@H]1N2C(=O)c3ccccc3[C@H]2SC1(C)C)C(=O)N[C@H](C)c1ccccc1. The molecule has 6 nitrogen and oxygen atoms in total. The molecule has 2 aliphatic rings. The van der Waals surface area contributed by atoms with Crippen LogP contribution in [0, 0.1) is 5.92 Å². The van der Waals surface area contributed by atoms with E-state index in [9.17, 15) is 14.4 Å². The summed E-state index contributed by atoms with van der Waals surface area (Å²) in [6.07, 6.45) is 0.511. The number of hydrogen-bond donors (Lipinski definition) is 2. The average molecular weight is 480 g/mol. The third-order valence-electron chi connectivity index (χ3n) is 6.54. The molecule has 2 aromatic rings. The minimum atomic E-state index is -0.682. The van der Waals surface area contributed by atoms with E-state index in [-0.39, 0.29) is 35.1 Å². The molecule has 2 aliphatic heterocycles. The highest BCUT2D eigenvalue weighted by molar-refractivity contribution is 8.01. The molecule has 7 heteroatoms. The van der Waals surface area contributed by atoms with E-state index in [1.54, 1.807) is 16.7 Å². The van der Waals surface area contributed by atoms with Gasteiger partial charge in [-0.05, 0) is 50.3 Å². The molecule has 4 atom stereocenters. The Hall–Kier alpha value is -2.80. The smallest absolute Gasteiger partial charge is 0.256 e. The lowest BCUT2D eigenvalue weighted by Crippen LogP contribution is -2.57. The van der Waals surface area contributed by atoms with Gasteiger partial charge >= 0.3 is 0 Å². The minimum Gasteiger partial charge on any atom is -0.348 e. The van der Waals surface area contributed by atoms with Gasteiger partial charge in [0.25, 0.3) is 5.91 Å². The van der Waals surface area contributed by atoms with Crippen molar-refractivity contribution in [2.24, 2.45) is 5.92 Å². The first-order valence-corrected chi connectivity index (χ1v) is 12.7. The molecule has 0 spiro atoms. The third-order valence-corrected chi connectivity index (χ3v) is 8.08. The van der Waals surface area contributed by atoms with E-state index in [0.717, 1.165) is 11.1 Å². The Kier molecular flexibility index (Phi) is 6.76. The van der Waals surface area contributed by atoms with Crippen molar-refractivity contribution in [3.05, 3.63) is 71.3 Å². The molecule has 1 saturated heterocycles. The number of amides is 3. The van der Waals surface area contributed by atoms with Crippen LogP contribution >= 0.6 is 11.8 Å². The van der Waals surface area contributed by atoms with Crippen LogP contribution in [0.1, 0.15) is 73.9 Å². The van der Waals surface area contributed by atoms with Crippen molar-refractivity contribution in [1.29, 1.82) is 0 Å². The van der Waals surface area contributed by atoms with E-state index in [0.29, 0.717) is 12.0 Å². The second kappa shape index (κ2) is 9.45. The minimum absolute atomic E-state index is 0.124. The fourth-order valence-electron chi connectivity index (χ4n) is 4.90. The molecular formula is C27H33N3O3S. The number of hydrogen-bond acceptors (Lipinski definition) is 4. The Balaban J connectivity index is 1.53. The molecule has 0 aliphatic carbocycles. The van der Waals surface area contributed by atoms with Crippen LogP contribution in [0.2, 0.25) is 0 Å². The zero-order chi connectivity index (χ0) is 24.6. The molecule has 2 heterocycles. The van der Waals surface area contributed by atoms with Crippen molar-refractivity contribution < 1.29 is 14.4 Å². The number of nitrogens with one attached hydrogen (secondary N) is 2. The first-order chi connectivity index (χ1) is 16.1. The van der Waals surface area contributed by atoms with Gasteiger partial charge in [0, 0.05) is 10.3 Å². The molecule has 2 aromatic carbocycles. The highest BCUT2D eigenvalue weighted by atomic mass is 32.2. The van der Waals surface area contributed by atoms with E-state index in [2.05, 4.69) is 10.6 Å². The van der Waals surface area contributed by atoms with Gasteiger partial charge in [0.2, 0.25) is 11.8 Å². The van der Waals surface area contributed by atoms with Crippen LogP contribution in [0.3, 0.4) is 0 Å². The summed E-state index contributed by atoms with van der Waals surface area (Å²) in [5.41, 5.74) is 2.61. The summed E-state index contributed by atoms with van der Waals surface area (Å²) in [6.45, 7) is 9.97. The van der Waals surface area contributed by atoms with Crippen molar-refractivity contribution in [3.63, 3.8) is 0 Å². The molecule has 1 fully saturated rings. The number of carbonyl (C=O) groups is 3. The predicted molar refractivity (Wildman–Crippen MR) is 135 cm³/mol. The van der Waals surface area contributed by atoms with Crippen LogP contribution < -0.4 is 10.6 Å². The van der Waals surface area contributed by atoms with Crippen molar-refractivity contribution in [2.75, 3.05) is 0 Å². The molecule has 0 unspecified atom stereocenters. The fourth-order valence-corrected chi connectivity index (χ4v) is 6.49. The van der Waals surface area contributed by atoms with Crippen LogP contribution in [0.4, 0.5) is 0 Å². The maximum absolute atomic E-state index is 13.7. The molecule has 2 N–H and O–H groups in total. The zero-order valence-electron chi connectivity index (χ0n) is 20.4. The lowest BCUT2D eigenvalue weighted by atomic mass is 9.98. The average Bonchev–Trinajstić information content (AvgIpc) is 3.22. The van der Waals surface area contributed by atoms with Gasteiger partial charge in [-0.1, -0.05) is 62.4 Å². The number of fused-ring (bicyclic) bond motifs is 3. The number of benzene rings is 2. The Morgan fingerprint density at radius 1 is 1.00 bits per heavy atom. The van der Waals surface area contributed by atoms with Crippen LogP contribution in [-0.4, -0.2) is 39.5 Å². The highest BCUT2D eigenvalue weighted by Crippen LogP contribution is 2.56. The second-order valence-corrected chi connectivity index (χ2v) is 11.8. The van der Waals surface area contributed by atoms with Crippen molar-refractivity contribution in [3.8, 4) is 0 Å². The van der Waals surface area contributed by atoms with Crippen LogP contribution in [0.15, 0.2) is 54.6 Å². The molecule has 180 valence electrons. The maximum Gasteiger partial charge on any atom is 0.256 e. The monoisotopic (exact) mass is 479 g/mol. The Bertz CT molecular complexity index is 1090. The molecule has 0 radical (unpaired) electrons. The molecule has 0 bridgehead atoms. The maximum atomic E-state index is 13.7. The number of nitrogens with zero attached hydrogens (tertiary/aromatic N) is 1. The highest BCUT2D eigenvalue weighted by Gasteiger charge is 2.57. The van der Waals surface area contributed by atoms with E-state index in [1.165, 1.54) is 0 Å². The standard InChI is InChI=1S/C27H33N3O3S/c1-16(2)15-21(23(31)28-17(3)18-11-7-6-8-12-18)29-24(32)22-27(4,5)34-26-20-14-10-9-13-19(20)25(33)30(22)26/h6-14,16-17,21-22,26H,15H2,1-5H3,(H,28,31)(H,29,32)/t17-,21+,22+,26-/m1/s1. The molecular weight excluding hydrogens is 446 g/mol. The summed E-state index contributed by atoms with van der Waals surface area (Å²) in [4.78, 5) is 41.8. The number of carbonyl (C=O) groups excluding carboxylic acids is 3. The molecule has 3 amide bonds. The van der Waals surface area contributed by atoms with E-state index < -0.39 is 16.8 Å². The van der Waals surface area contributed by atoms with E-state index in [1.807, 2.05) is 89.2 Å². The normalized spacial score (nSPS) is 22.2. The third kappa shape index (κ3) is 4.58. The first kappa shape index (κ1) is 24.3. The topological polar surface area (TPSA) is 78.5 Å². The Morgan fingerprint density at radius 3 is 2.32 bits per heavy atom. The molecule has 0 aromatic heterocycles. The number of rotatable bonds is 7. The summed E-state index contributed by atoms with van der Waals surface area (Å²) >= 11 is 1.62. The summed E-state index contributed by atoms with van der Waals surface area (Å²) in [5.74, 6) is -0.412. The Morgan fingerprint density at radius 2 is 1.65 bits per heavy atom. The van der Waals surface area contributed by atoms with Gasteiger partial charge in [-0.3, -0.25) is 14.4 Å². The first-order valence-electron chi connectivity index (χ1n) is 11.8. The quantitative estimate of drug-likeness (QED) is 0.615. The van der Waals surface area contributed by atoms with Gasteiger partial charge in [-0.25, -0.2) is 0 Å². The van der Waals surface area contributed by atoms with Crippen LogP contribution in [0.5, 0.6) is 0 Å². The van der Waals surface area contributed by atoms with Crippen molar-refractivity contribution >= 4 is 29.5 Å². The zero-order valence-corrected chi connectivity index (χ0v) is 21.2. The van der Waals surface area contributed by atoms with Gasteiger partial charge in [0.1, 0.15) is 17.5 Å². The predicted octanol–water partition coefficient (Wildman–Crippen LogP) is 4.44. The van der Waals surface area contributed by atoms with Crippen molar-refractivity contribution in [2.45, 2.75) is 69.3 Å². The van der Waals surface area contributed by atoms with Crippen molar-refractivity contribution in [1.82, 2.24) is 15.5 Å². The number of thioether (sulfide) groups is 1. The summed E-state index contributed by atoms with van der Waals surface area (Å²) in [7, 11) is 0. The van der Waals surface area contributed by atoms with Crippen LogP contribution in [-0.2, 0) is 9.59 Å². The van der Waals surface area contributed by atoms with Gasteiger partial charge in [-0.15, -0.1) is 11.8 Å². The summed E-state index contributed by atoms with van der Waals surface area (Å²) < 4.78 is -0.492. The second-order valence-electron chi connectivity index (χ2n) is 10.1. The van der Waals surface area contributed by atoms with Gasteiger partial charge in [-0.2, -0.15) is 0 Å². The van der Waals surface area contributed by atoms with Gasteiger partial charge < -0.3 is 15.5 Å². The molecule has 0 saturated carbocycles. The fraction of sp³-hybridized carbons (Fsp3) is 0.444. The Labute approximate surface area is 205 Å². The van der Waals surface area contributed by atoms with Gasteiger partial charge in [0.05, 0.1) is 6.04 Å². The van der Waals surface area contributed by atoms with Gasteiger partial charge in [0.15, 0.2) is 0 Å². The molecule has 34 heavy (non-hydrogen) atoms.